The molecule has 100 valence electrons. The lowest BCUT2D eigenvalue weighted by Crippen LogP contribution is -2.02. The number of ether oxygens (including phenoxy) is 2. The van der Waals surface area contributed by atoms with Gasteiger partial charge in [-0.25, -0.2) is 0 Å². The third-order valence-electron chi connectivity index (χ3n) is 2.79. The fourth-order valence-corrected chi connectivity index (χ4v) is 1.87. The molecule has 0 aromatic heterocycles. The van der Waals surface area contributed by atoms with Gasteiger partial charge in [-0.2, -0.15) is 0 Å². The zero-order valence-electron chi connectivity index (χ0n) is 10.7. The number of hydrogen-bond acceptors (Lipinski definition) is 3. The molecule has 0 atom stereocenters. The van der Waals surface area contributed by atoms with Crippen molar-refractivity contribution in [3.05, 3.63) is 58.6 Å². The van der Waals surface area contributed by atoms with E-state index in [9.17, 15) is 0 Å². The summed E-state index contributed by atoms with van der Waals surface area (Å²) in [6.45, 7) is 0.935. The number of methoxy groups -OCH3 is 1. The van der Waals surface area contributed by atoms with Crippen LogP contribution < -0.4 is 15.2 Å². The van der Waals surface area contributed by atoms with Crippen LogP contribution in [0.5, 0.6) is 11.5 Å². The van der Waals surface area contributed by atoms with E-state index in [4.69, 9.17) is 26.8 Å². The molecule has 0 bridgehead atoms. The highest BCUT2D eigenvalue weighted by Crippen LogP contribution is 2.21. The van der Waals surface area contributed by atoms with Crippen LogP contribution in [0.3, 0.4) is 0 Å². The van der Waals surface area contributed by atoms with Crippen molar-refractivity contribution >= 4 is 11.6 Å². The number of rotatable bonds is 5. The molecule has 0 unspecified atom stereocenters. The van der Waals surface area contributed by atoms with Crippen molar-refractivity contribution in [1.29, 1.82) is 0 Å². The Kier molecular flexibility index (Phi) is 4.66. The molecule has 4 heteroatoms. The van der Waals surface area contributed by atoms with Crippen LogP contribution in [0.15, 0.2) is 42.5 Å². The molecule has 0 aliphatic rings. The van der Waals surface area contributed by atoms with Gasteiger partial charge in [0.25, 0.3) is 0 Å². The van der Waals surface area contributed by atoms with E-state index in [1.165, 1.54) is 0 Å². The van der Waals surface area contributed by atoms with Crippen molar-refractivity contribution in [2.75, 3.05) is 7.11 Å². The molecular weight excluding hydrogens is 262 g/mol. The van der Waals surface area contributed by atoms with Crippen LogP contribution in [0, 0.1) is 0 Å². The molecular formula is C15H16ClNO2. The molecule has 2 rings (SSSR count). The maximum atomic E-state index is 5.82. The van der Waals surface area contributed by atoms with Crippen LogP contribution >= 0.6 is 11.6 Å². The van der Waals surface area contributed by atoms with Crippen LogP contribution in [0.1, 0.15) is 11.1 Å². The molecule has 0 fully saturated rings. The average Bonchev–Trinajstić information content (AvgIpc) is 2.46. The van der Waals surface area contributed by atoms with E-state index in [2.05, 4.69) is 0 Å². The number of halogens is 1. The molecule has 2 aromatic rings. The van der Waals surface area contributed by atoms with Gasteiger partial charge in [0.15, 0.2) is 0 Å². The van der Waals surface area contributed by atoms with Gasteiger partial charge in [0, 0.05) is 17.1 Å². The van der Waals surface area contributed by atoms with Crippen LogP contribution in [-0.4, -0.2) is 7.11 Å². The summed E-state index contributed by atoms with van der Waals surface area (Å²) in [6.07, 6.45) is 0. The lowest BCUT2D eigenvalue weighted by Gasteiger charge is -2.10. The molecule has 0 radical (unpaired) electrons. The maximum absolute atomic E-state index is 5.82. The predicted octanol–water partition coefficient (Wildman–Crippen LogP) is 3.39. The fourth-order valence-electron chi connectivity index (χ4n) is 1.74. The fraction of sp³-hybridized carbons (Fsp3) is 0.200. The maximum Gasteiger partial charge on any atom is 0.123 e. The summed E-state index contributed by atoms with van der Waals surface area (Å²) in [5.74, 6) is 1.57. The predicted molar refractivity (Wildman–Crippen MR) is 76.7 cm³/mol. The highest BCUT2D eigenvalue weighted by molar-refractivity contribution is 6.30. The third-order valence-corrected chi connectivity index (χ3v) is 3.04. The SMILES string of the molecule is COc1cc(COc2ccc(Cl)cc2)ccc1CN. The number of hydrogen-bond donors (Lipinski definition) is 1. The average molecular weight is 278 g/mol. The molecule has 0 saturated carbocycles. The van der Waals surface area contributed by atoms with Gasteiger partial charge in [-0.05, 0) is 35.9 Å². The molecule has 2 aromatic carbocycles. The molecule has 0 amide bonds. The van der Waals surface area contributed by atoms with Gasteiger partial charge in [-0.3, -0.25) is 0 Å². The Bertz CT molecular complexity index is 540. The van der Waals surface area contributed by atoms with E-state index >= 15 is 0 Å². The summed E-state index contributed by atoms with van der Waals surface area (Å²) < 4.78 is 11.0. The van der Waals surface area contributed by atoms with Crippen LogP contribution in [0.25, 0.3) is 0 Å². The highest BCUT2D eigenvalue weighted by atomic mass is 35.5. The van der Waals surface area contributed by atoms with E-state index < -0.39 is 0 Å². The van der Waals surface area contributed by atoms with Gasteiger partial charge < -0.3 is 15.2 Å². The quantitative estimate of drug-likeness (QED) is 0.911. The second kappa shape index (κ2) is 6.45. The summed E-state index contributed by atoms with van der Waals surface area (Å²) in [5, 5.41) is 0.696. The van der Waals surface area contributed by atoms with Crippen molar-refractivity contribution in [3.63, 3.8) is 0 Å². The van der Waals surface area contributed by atoms with Crippen molar-refractivity contribution < 1.29 is 9.47 Å². The summed E-state index contributed by atoms with van der Waals surface area (Å²) in [7, 11) is 1.64. The van der Waals surface area contributed by atoms with E-state index in [1.807, 2.05) is 30.3 Å². The third kappa shape index (κ3) is 3.63. The van der Waals surface area contributed by atoms with E-state index in [0.29, 0.717) is 18.2 Å². The van der Waals surface area contributed by atoms with Crippen molar-refractivity contribution in [2.45, 2.75) is 13.2 Å². The largest absolute Gasteiger partial charge is 0.496 e. The van der Waals surface area contributed by atoms with Crippen LogP contribution in [0.2, 0.25) is 5.02 Å². The lowest BCUT2D eigenvalue weighted by atomic mass is 10.1. The molecule has 19 heavy (non-hydrogen) atoms. The Morgan fingerprint density at radius 3 is 2.47 bits per heavy atom. The van der Waals surface area contributed by atoms with Gasteiger partial charge in [0.1, 0.15) is 18.1 Å². The number of nitrogens with two attached hydrogens (primary N) is 1. The first-order chi connectivity index (χ1) is 9.22. The Morgan fingerprint density at radius 1 is 1.11 bits per heavy atom. The molecule has 0 aliphatic carbocycles. The topological polar surface area (TPSA) is 44.5 Å². The smallest absolute Gasteiger partial charge is 0.123 e. The van der Waals surface area contributed by atoms with E-state index in [-0.39, 0.29) is 0 Å². The van der Waals surface area contributed by atoms with Gasteiger partial charge in [-0.1, -0.05) is 23.7 Å². The first kappa shape index (κ1) is 13.7. The van der Waals surface area contributed by atoms with E-state index in [1.54, 1.807) is 19.2 Å². The summed E-state index contributed by atoms with van der Waals surface area (Å²) in [4.78, 5) is 0. The standard InChI is InChI=1S/C15H16ClNO2/c1-18-15-8-11(2-3-12(15)9-17)10-19-14-6-4-13(16)5-7-14/h2-8H,9-10,17H2,1H3. The summed E-state index contributed by atoms with van der Waals surface area (Å²) >= 11 is 5.82. The summed E-state index contributed by atoms with van der Waals surface area (Å²) in [5.41, 5.74) is 7.65. The normalized spacial score (nSPS) is 10.3. The van der Waals surface area contributed by atoms with Gasteiger partial charge >= 0.3 is 0 Å². The Balaban J connectivity index is 2.05. The highest BCUT2D eigenvalue weighted by Gasteiger charge is 2.03. The van der Waals surface area contributed by atoms with E-state index in [0.717, 1.165) is 22.6 Å². The molecule has 0 heterocycles. The van der Waals surface area contributed by atoms with Gasteiger partial charge in [0.2, 0.25) is 0 Å². The Labute approximate surface area is 117 Å². The van der Waals surface area contributed by atoms with Crippen molar-refractivity contribution in [2.24, 2.45) is 5.73 Å². The lowest BCUT2D eigenvalue weighted by molar-refractivity contribution is 0.305. The second-order valence-electron chi connectivity index (χ2n) is 4.09. The van der Waals surface area contributed by atoms with Crippen LogP contribution in [-0.2, 0) is 13.2 Å². The number of benzene rings is 2. The monoisotopic (exact) mass is 277 g/mol. The van der Waals surface area contributed by atoms with Crippen molar-refractivity contribution in [3.8, 4) is 11.5 Å². The molecule has 0 saturated heterocycles. The first-order valence-corrected chi connectivity index (χ1v) is 6.35. The zero-order chi connectivity index (χ0) is 13.7. The minimum absolute atomic E-state index is 0.460. The molecule has 0 spiro atoms. The zero-order valence-corrected chi connectivity index (χ0v) is 11.5. The minimum atomic E-state index is 0.460. The van der Waals surface area contributed by atoms with Gasteiger partial charge in [-0.15, -0.1) is 0 Å². The molecule has 0 aliphatic heterocycles. The Morgan fingerprint density at radius 2 is 1.84 bits per heavy atom. The second-order valence-corrected chi connectivity index (χ2v) is 4.53. The first-order valence-electron chi connectivity index (χ1n) is 5.97. The Hall–Kier alpha value is -1.71. The van der Waals surface area contributed by atoms with Crippen molar-refractivity contribution in [1.82, 2.24) is 0 Å². The van der Waals surface area contributed by atoms with Crippen LogP contribution in [0.4, 0.5) is 0 Å². The summed E-state index contributed by atoms with van der Waals surface area (Å²) in [6, 6.07) is 13.2. The minimum Gasteiger partial charge on any atom is -0.496 e. The molecule has 2 N–H and O–H groups in total. The molecule has 3 nitrogen and oxygen atoms in total. The van der Waals surface area contributed by atoms with Gasteiger partial charge in [0.05, 0.1) is 7.11 Å².